The maximum Gasteiger partial charge on any atom is 0.261 e. The highest BCUT2D eigenvalue weighted by atomic mass is 28.2. The van der Waals surface area contributed by atoms with E-state index in [4.69, 9.17) is 42.6 Å². The second-order valence-electron chi connectivity index (χ2n) is 8.75. The van der Waals surface area contributed by atoms with Crippen molar-refractivity contribution >= 4 is 9.41 Å². The van der Waals surface area contributed by atoms with Crippen LogP contribution in [-0.4, -0.2) is 141 Å². The summed E-state index contributed by atoms with van der Waals surface area (Å²) in [6, 6.07) is 0.958. The van der Waals surface area contributed by atoms with Gasteiger partial charge in [0.05, 0.1) is 91.5 Å². The van der Waals surface area contributed by atoms with E-state index in [1.165, 1.54) is 25.7 Å². The highest BCUT2D eigenvalue weighted by molar-refractivity contribution is 6.16. The zero-order valence-corrected chi connectivity index (χ0v) is 26.3. The van der Waals surface area contributed by atoms with Crippen LogP contribution in [-0.2, 0) is 47.1 Å². The number of ether oxygens (including phenoxy) is 9. The fourth-order valence-corrected chi connectivity index (χ4v) is 3.67. The molecule has 0 atom stereocenters. The lowest BCUT2D eigenvalue weighted by molar-refractivity contribution is -0.135. The second-order valence-corrected chi connectivity index (χ2v) is 9.66. The largest absolute Gasteiger partial charge is 0.394 e. The van der Waals surface area contributed by atoms with Gasteiger partial charge in [0, 0.05) is 47.4 Å². The monoisotopic (exact) mass is 586 g/mol. The van der Waals surface area contributed by atoms with E-state index in [1.54, 1.807) is 21.3 Å². The van der Waals surface area contributed by atoms with E-state index >= 15 is 0 Å². The summed E-state index contributed by atoms with van der Waals surface area (Å²) >= 11 is 0. The zero-order valence-electron chi connectivity index (χ0n) is 25.2. The molecule has 0 amide bonds. The Bertz CT molecular complexity index is 441. The van der Waals surface area contributed by atoms with Gasteiger partial charge in [0.2, 0.25) is 0 Å². The van der Waals surface area contributed by atoms with E-state index in [-0.39, 0.29) is 13.2 Å². The molecule has 0 spiro atoms. The number of aliphatic hydroxyl groups excluding tert-OH is 1. The molecule has 12 heteroatoms. The summed E-state index contributed by atoms with van der Waals surface area (Å²) in [5.41, 5.74) is -0.621. The third-order valence-electron chi connectivity index (χ3n) is 5.48. The minimum atomic E-state index is -0.621. The molecule has 0 radical (unpaired) electrons. The number of hydrogen-bond donors (Lipinski definition) is 1. The van der Waals surface area contributed by atoms with Gasteiger partial charge in [-0.3, -0.25) is 0 Å². The molecule has 0 aromatic rings. The third kappa shape index (κ3) is 32.0. The predicted molar refractivity (Wildman–Crippen MR) is 152 cm³/mol. The molecule has 0 aliphatic carbocycles. The van der Waals surface area contributed by atoms with E-state index in [0.717, 1.165) is 6.04 Å². The van der Waals surface area contributed by atoms with Crippen LogP contribution < -0.4 is 0 Å². The quantitative estimate of drug-likeness (QED) is 0.0952. The minimum Gasteiger partial charge on any atom is -0.394 e. The summed E-state index contributed by atoms with van der Waals surface area (Å²) in [4.78, 5) is 0. The third-order valence-corrected chi connectivity index (χ3v) is 6.13. The molecule has 39 heavy (non-hydrogen) atoms. The van der Waals surface area contributed by atoms with Gasteiger partial charge >= 0.3 is 0 Å². The Morgan fingerprint density at radius 2 is 1.05 bits per heavy atom. The average Bonchev–Trinajstić information content (AvgIpc) is 2.95. The Labute approximate surface area is 239 Å². The van der Waals surface area contributed by atoms with E-state index in [1.807, 2.05) is 0 Å². The fraction of sp³-hybridized carbons (Fsp3) is 1.00. The molecule has 1 N–H and O–H groups in total. The normalized spacial score (nSPS) is 11.4. The van der Waals surface area contributed by atoms with Crippen LogP contribution in [0.4, 0.5) is 0 Å². The van der Waals surface area contributed by atoms with Crippen molar-refractivity contribution in [3.8, 4) is 0 Å². The number of hydrogen-bond acceptors (Lipinski definition) is 11. The van der Waals surface area contributed by atoms with Gasteiger partial charge < -0.3 is 52.2 Å². The molecule has 0 saturated carbocycles. The molecule has 0 saturated heterocycles. The van der Waals surface area contributed by atoms with Crippen molar-refractivity contribution in [3.05, 3.63) is 0 Å². The first-order chi connectivity index (χ1) is 19.2. The molecule has 0 rings (SSSR count). The molecule has 0 aliphatic heterocycles. The molecule has 0 unspecified atom stereocenters. The van der Waals surface area contributed by atoms with Gasteiger partial charge in [-0.1, -0.05) is 32.6 Å². The molecular weight excluding hydrogens is 528 g/mol. The van der Waals surface area contributed by atoms with Gasteiger partial charge in [-0.25, -0.2) is 0 Å². The number of aliphatic hydroxyl groups is 1. The van der Waals surface area contributed by atoms with Crippen molar-refractivity contribution < 1.29 is 52.2 Å². The highest BCUT2D eigenvalue weighted by Crippen LogP contribution is 2.22. The van der Waals surface area contributed by atoms with Gasteiger partial charge in [-0.05, 0) is 6.04 Å². The average molecular weight is 587 g/mol. The molecular formula is C27H58O11Si. The van der Waals surface area contributed by atoms with Crippen LogP contribution in [0.15, 0.2) is 0 Å². The van der Waals surface area contributed by atoms with Gasteiger partial charge in [-0.15, -0.1) is 0 Å². The molecule has 0 bridgehead atoms. The first kappa shape index (κ1) is 40.8. The smallest absolute Gasteiger partial charge is 0.261 e. The lowest BCUT2D eigenvalue weighted by atomic mass is 9.96. The van der Waals surface area contributed by atoms with Crippen molar-refractivity contribution in [1.82, 2.24) is 0 Å². The Morgan fingerprint density at radius 3 is 1.49 bits per heavy atom. The second kappa shape index (κ2) is 35.6. The van der Waals surface area contributed by atoms with Crippen LogP contribution in [0.5, 0.6) is 0 Å². The summed E-state index contributed by atoms with van der Waals surface area (Å²) in [5, 5.41) is 9.26. The van der Waals surface area contributed by atoms with Gasteiger partial charge in [0.25, 0.3) is 9.41 Å². The fourth-order valence-electron chi connectivity index (χ4n) is 3.22. The molecule has 0 aromatic heterocycles. The van der Waals surface area contributed by atoms with Crippen molar-refractivity contribution in [2.24, 2.45) is 0 Å². The Kier molecular flexibility index (Phi) is 37.2. The molecule has 0 heterocycles. The SMILES string of the molecule is CCCCCC[SiH]=O.COCCOCCOCCC(CCOCCOCCOC)(COCCOC)OCCO. The maximum atomic E-state index is 9.98. The van der Waals surface area contributed by atoms with Crippen LogP contribution in [0.2, 0.25) is 6.04 Å². The Hall–Kier alpha value is -0.383. The van der Waals surface area contributed by atoms with Crippen molar-refractivity contribution in [3.63, 3.8) is 0 Å². The molecule has 0 aliphatic rings. The first-order valence-electron chi connectivity index (χ1n) is 14.2. The van der Waals surface area contributed by atoms with Gasteiger partial charge in [0.15, 0.2) is 0 Å². The summed E-state index contributed by atoms with van der Waals surface area (Å²) in [5.74, 6) is 0. The van der Waals surface area contributed by atoms with E-state index in [2.05, 4.69) is 6.92 Å². The van der Waals surface area contributed by atoms with Crippen molar-refractivity contribution in [2.45, 2.75) is 57.1 Å². The van der Waals surface area contributed by atoms with Crippen LogP contribution in [0, 0.1) is 0 Å². The zero-order chi connectivity index (χ0) is 29.1. The first-order valence-corrected chi connectivity index (χ1v) is 15.5. The van der Waals surface area contributed by atoms with E-state index < -0.39 is 15.0 Å². The molecule has 0 aromatic carbocycles. The van der Waals surface area contributed by atoms with Crippen LogP contribution in [0.1, 0.15) is 45.4 Å². The summed E-state index contributed by atoms with van der Waals surface area (Å²) in [7, 11) is 4.43. The van der Waals surface area contributed by atoms with Crippen LogP contribution in [0.3, 0.4) is 0 Å². The Morgan fingerprint density at radius 1 is 0.590 bits per heavy atom. The van der Waals surface area contributed by atoms with Crippen molar-refractivity contribution in [1.29, 1.82) is 0 Å². The summed E-state index contributed by atoms with van der Waals surface area (Å²) < 4.78 is 58.8. The van der Waals surface area contributed by atoms with E-state index in [9.17, 15) is 9.57 Å². The standard InChI is InChI=1S/C21H44O10.C6H14OSi/c1-23-10-13-28-18-16-26-7-4-21(31-9-6-22,20-30-15-12-25-3)5-8-27-17-19-29-14-11-24-2;1-2-3-4-5-6-8-7/h22H,4-20H2,1-3H3;8H,2-6H2,1H3. The van der Waals surface area contributed by atoms with Crippen LogP contribution >= 0.6 is 0 Å². The predicted octanol–water partition coefficient (Wildman–Crippen LogP) is 2.30. The van der Waals surface area contributed by atoms with E-state index in [0.29, 0.717) is 98.7 Å². The number of methoxy groups -OCH3 is 3. The molecule has 11 nitrogen and oxygen atoms in total. The number of rotatable bonds is 31. The minimum absolute atomic E-state index is 0.0672. The summed E-state index contributed by atoms with van der Waals surface area (Å²) in [6.07, 6.45) is 6.23. The van der Waals surface area contributed by atoms with Gasteiger partial charge in [0.1, 0.15) is 0 Å². The Balaban J connectivity index is 0. The topological polar surface area (TPSA) is 120 Å². The highest BCUT2D eigenvalue weighted by Gasteiger charge is 2.31. The van der Waals surface area contributed by atoms with Crippen LogP contribution in [0.25, 0.3) is 0 Å². The summed E-state index contributed by atoms with van der Waals surface area (Å²) in [6.45, 7) is 8.81. The van der Waals surface area contributed by atoms with Gasteiger partial charge in [-0.2, -0.15) is 0 Å². The maximum absolute atomic E-state index is 9.98. The molecule has 236 valence electrons. The number of unbranched alkanes of at least 4 members (excludes halogenated alkanes) is 3. The molecule has 0 fully saturated rings. The van der Waals surface area contributed by atoms with Crippen molar-refractivity contribution in [2.75, 3.05) is 120 Å². The lowest BCUT2D eigenvalue weighted by Gasteiger charge is -2.33. The lowest BCUT2D eigenvalue weighted by Crippen LogP contribution is -2.42.